The van der Waals surface area contributed by atoms with Gasteiger partial charge in [-0.25, -0.2) is 0 Å². The molecular weight excluding hydrogens is 372 g/mol. The van der Waals surface area contributed by atoms with Crippen LogP contribution in [-0.2, 0) is 4.79 Å². The molecule has 0 spiro atoms. The van der Waals surface area contributed by atoms with Crippen LogP contribution in [0.25, 0.3) is 11.4 Å². The van der Waals surface area contributed by atoms with Gasteiger partial charge in [0.1, 0.15) is 0 Å². The van der Waals surface area contributed by atoms with E-state index in [1.54, 1.807) is 31.2 Å². The van der Waals surface area contributed by atoms with Gasteiger partial charge in [-0.15, -0.1) is 0 Å². The molecule has 0 bridgehead atoms. The largest absolute Gasteiger partial charge is 0.493 e. The average molecular weight is 392 g/mol. The van der Waals surface area contributed by atoms with Gasteiger partial charge >= 0.3 is 0 Å². The van der Waals surface area contributed by atoms with E-state index < -0.39 is 0 Å². The number of benzene rings is 2. The summed E-state index contributed by atoms with van der Waals surface area (Å²) in [5, 5.41) is 15.7. The van der Waals surface area contributed by atoms with Crippen LogP contribution in [-0.4, -0.2) is 29.8 Å². The van der Waals surface area contributed by atoms with E-state index in [1.165, 1.54) is 7.11 Å². The van der Waals surface area contributed by atoms with Gasteiger partial charge in [0.15, 0.2) is 11.5 Å². The minimum absolute atomic E-state index is 0.145. The highest BCUT2D eigenvalue weighted by Gasteiger charge is 2.13. The SMILES string of the molecule is COc1cc(C#N)ccc1OCCCC(=O)Nc1ccccc1-c1noc(C)n1. The molecule has 0 unspecified atom stereocenters. The third kappa shape index (κ3) is 5.11. The van der Waals surface area contributed by atoms with Crippen molar-refractivity contribution in [1.82, 2.24) is 10.1 Å². The van der Waals surface area contributed by atoms with E-state index >= 15 is 0 Å². The molecule has 1 aromatic heterocycles. The third-order valence-electron chi connectivity index (χ3n) is 4.07. The van der Waals surface area contributed by atoms with Crippen molar-refractivity contribution in [2.45, 2.75) is 19.8 Å². The molecule has 0 aliphatic heterocycles. The second-order valence-corrected chi connectivity index (χ2v) is 6.16. The Kier molecular flexibility index (Phi) is 6.43. The summed E-state index contributed by atoms with van der Waals surface area (Å²) in [6.45, 7) is 2.04. The molecule has 2 aromatic carbocycles. The Bertz CT molecular complexity index is 1040. The van der Waals surface area contributed by atoms with Gasteiger partial charge in [0, 0.05) is 25.0 Å². The van der Waals surface area contributed by atoms with Gasteiger partial charge in [-0.1, -0.05) is 17.3 Å². The molecule has 0 fully saturated rings. The second-order valence-electron chi connectivity index (χ2n) is 6.16. The van der Waals surface area contributed by atoms with Gasteiger partial charge in [0.2, 0.25) is 17.6 Å². The monoisotopic (exact) mass is 392 g/mol. The quantitative estimate of drug-likeness (QED) is 0.582. The fourth-order valence-electron chi connectivity index (χ4n) is 2.68. The number of nitrogens with one attached hydrogen (secondary N) is 1. The summed E-state index contributed by atoms with van der Waals surface area (Å²) < 4.78 is 15.9. The standard InChI is InChI=1S/C21H20N4O4/c1-14-23-21(25-29-14)16-6-3-4-7-17(16)24-20(26)8-5-11-28-18-10-9-15(13-22)12-19(18)27-2/h3-4,6-7,9-10,12H,5,8,11H2,1-2H3,(H,24,26). The Balaban J connectivity index is 1.53. The lowest BCUT2D eigenvalue weighted by molar-refractivity contribution is -0.116. The number of ether oxygens (including phenoxy) is 2. The van der Waals surface area contributed by atoms with Crippen LogP contribution in [0.3, 0.4) is 0 Å². The fourth-order valence-corrected chi connectivity index (χ4v) is 2.68. The fraction of sp³-hybridized carbons (Fsp3) is 0.238. The molecule has 3 rings (SSSR count). The van der Waals surface area contributed by atoms with Gasteiger partial charge in [0.25, 0.3) is 0 Å². The predicted octanol–water partition coefficient (Wildman–Crippen LogP) is 3.72. The van der Waals surface area contributed by atoms with E-state index in [1.807, 2.05) is 24.3 Å². The Morgan fingerprint density at radius 3 is 2.79 bits per heavy atom. The van der Waals surface area contributed by atoms with E-state index in [2.05, 4.69) is 15.5 Å². The molecule has 1 N–H and O–H groups in total. The van der Waals surface area contributed by atoms with Crippen LogP contribution in [0, 0.1) is 18.3 Å². The average Bonchev–Trinajstić information content (AvgIpc) is 3.17. The Morgan fingerprint density at radius 2 is 2.07 bits per heavy atom. The second kappa shape index (κ2) is 9.37. The number of carbonyl (C=O) groups excluding carboxylic acids is 1. The molecule has 0 saturated heterocycles. The zero-order valence-corrected chi connectivity index (χ0v) is 16.1. The number of amides is 1. The molecule has 3 aromatic rings. The number of aromatic nitrogens is 2. The Labute approximate surface area is 168 Å². The van der Waals surface area contributed by atoms with Crippen LogP contribution in [0.4, 0.5) is 5.69 Å². The number of nitrogens with zero attached hydrogens (tertiary/aromatic N) is 3. The third-order valence-corrected chi connectivity index (χ3v) is 4.07. The lowest BCUT2D eigenvalue weighted by atomic mass is 10.1. The van der Waals surface area contributed by atoms with Crippen LogP contribution in [0.2, 0.25) is 0 Å². The summed E-state index contributed by atoms with van der Waals surface area (Å²) >= 11 is 0. The van der Waals surface area contributed by atoms with Crippen LogP contribution in [0.5, 0.6) is 11.5 Å². The predicted molar refractivity (Wildman–Crippen MR) is 106 cm³/mol. The number of hydrogen-bond donors (Lipinski definition) is 1. The van der Waals surface area contributed by atoms with Crippen LogP contribution >= 0.6 is 0 Å². The van der Waals surface area contributed by atoms with Crippen LogP contribution < -0.4 is 14.8 Å². The van der Waals surface area contributed by atoms with E-state index in [9.17, 15) is 4.79 Å². The Morgan fingerprint density at radius 1 is 1.24 bits per heavy atom. The molecule has 0 atom stereocenters. The van der Waals surface area contributed by atoms with Crippen molar-refractivity contribution < 1.29 is 18.8 Å². The van der Waals surface area contributed by atoms with Crippen LogP contribution in [0.15, 0.2) is 47.0 Å². The van der Waals surface area contributed by atoms with Gasteiger partial charge in [0.05, 0.1) is 31.0 Å². The van der Waals surface area contributed by atoms with E-state index in [4.69, 9.17) is 19.3 Å². The topological polar surface area (TPSA) is 110 Å². The van der Waals surface area contributed by atoms with Crippen molar-refractivity contribution in [3.8, 4) is 29.0 Å². The zero-order valence-electron chi connectivity index (χ0n) is 16.1. The molecule has 1 heterocycles. The van der Waals surface area contributed by atoms with E-state index in [-0.39, 0.29) is 12.3 Å². The van der Waals surface area contributed by atoms with Crippen molar-refractivity contribution in [3.05, 3.63) is 53.9 Å². The van der Waals surface area contributed by atoms with Gasteiger partial charge < -0.3 is 19.3 Å². The maximum atomic E-state index is 12.3. The first-order valence-corrected chi connectivity index (χ1v) is 9.01. The molecule has 0 aliphatic carbocycles. The summed E-state index contributed by atoms with van der Waals surface area (Å²) in [6, 6.07) is 14.3. The zero-order chi connectivity index (χ0) is 20.6. The maximum Gasteiger partial charge on any atom is 0.224 e. The number of hydrogen-bond acceptors (Lipinski definition) is 7. The van der Waals surface area contributed by atoms with Gasteiger partial charge in [-0.3, -0.25) is 4.79 Å². The lowest BCUT2D eigenvalue weighted by Crippen LogP contribution is -2.13. The number of para-hydroxylation sites is 1. The number of carbonyl (C=O) groups is 1. The van der Waals surface area contributed by atoms with E-state index in [0.717, 1.165) is 0 Å². The lowest BCUT2D eigenvalue weighted by Gasteiger charge is -2.11. The normalized spacial score (nSPS) is 10.2. The molecule has 29 heavy (non-hydrogen) atoms. The molecule has 1 amide bonds. The van der Waals surface area contributed by atoms with Crippen molar-refractivity contribution in [1.29, 1.82) is 5.26 Å². The van der Waals surface area contributed by atoms with Crippen molar-refractivity contribution >= 4 is 11.6 Å². The van der Waals surface area contributed by atoms with Gasteiger partial charge in [-0.05, 0) is 30.7 Å². The molecule has 0 saturated carbocycles. The van der Waals surface area contributed by atoms with Crippen molar-refractivity contribution in [2.75, 3.05) is 19.0 Å². The summed E-state index contributed by atoms with van der Waals surface area (Å²) in [5.74, 6) is 1.75. The molecule has 0 radical (unpaired) electrons. The first-order valence-electron chi connectivity index (χ1n) is 9.01. The first kappa shape index (κ1) is 19.9. The van der Waals surface area contributed by atoms with Crippen molar-refractivity contribution in [3.63, 3.8) is 0 Å². The highest BCUT2D eigenvalue weighted by Crippen LogP contribution is 2.28. The number of anilines is 1. The number of nitriles is 1. The summed E-state index contributed by atoms with van der Waals surface area (Å²) in [4.78, 5) is 16.5. The number of methoxy groups -OCH3 is 1. The smallest absolute Gasteiger partial charge is 0.224 e. The molecule has 8 nitrogen and oxygen atoms in total. The van der Waals surface area contributed by atoms with Crippen LogP contribution in [0.1, 0.15) is 24.3 Å². The molecule has 0 aliphatic rings. The van der Waals surface area contributed by atoms with E-state index in [0.29, 0.717) is 53.1 Å². The number of rotatable bonds is 8. The summed E-state index contributed by atoms with van der Waals surface area (Å²) in [5.41, 5.74) is 1.80. The summed E-state index contributed by atoms with van der Waals surface area (Å²) in [6.07, 6.45) is 0.788. The minimum atomic E-state index is -0.145. The molecule has 8 heteroatoms. The first-order chi connectivity index (χ1) is 14.1. The van der Waals surface area contributed by atoms with Gasteiger partial charge in [-0.2, -0.15) is 10.2 Å². The molecular formula is C21H20N4O4. The Hall–Kier alpha value is -3.86. The highest BCUT2D eigenvalue weighted by molar-refractivity contribution is 5.94. The minimum Gasteiger partial charge on any atom is -0.493 e. The summed E-state index contributed by atoms with van der Waals surface area (Å²) in [7, 11) is 1.51. The maximum absolute atomic E-state index is 12.3. The van der Waals surface area contributed by atoms with Crippen molar-refractivity contribution in [2.24, 2.45) is 0 Å². The highest BCUT2D eigenvalue weighted by atomic mass is 16.5. The number of aryl methyl sites for hydroxylation is 1. The molecule has 148 valence electrons.